The molecule has 0 saturated carbocycles. The van der Waals surface area contributed by atoms with Crippen molar-refractivity contribution in [2.45, 2.75) is 25.4 Å². The van der Waals surface area contributed by atoms with E-state index in [1.165, 1.54) is 11.8 Å². The molecule has 0 atom stereocenters. The average Bonchev–Trinajstić information content (AvgIpc) is 3.23. The topological polar surface area (TPSA) is 59.8 Å². The van der Waals surface area contributed by atoms with E-state index in [1.807, 2.05) is 71.3 Å². The Balaban J connectivity index is 1.59. The van der Waals surface area contributed by atoms with Gasteiger partial charge in [-0.2, -0.15) is 0 Å². The Morgan fingerprint density at radius 1 is 0.968 bits per heavy atom. The molecule has 0 aliphatic carbocycles. The van der Waals surface area contributed by atoms with Gasteiger partial charge in [0.1, 0.15) is 0 Å². The average molecular weight is 429 g/mol. The summed E-state index contributed by atoms with van der Waals surface area (Å²) in [6.45, 7) is 4.13. The molecule has 0 spiro atoms. The second-order valence-corrected chi connectivity index (χ2v) is 8.14. The van der Waals surface area contributed by atoms with Gasteiger partial charge in [0, 0.05) is 16.9 Å². The van der Waals surface area contributed by atoms with Gasteiger partial charge in [0.25, 0.3) is 0 Å². The minimum absolute atomic E-state index is 0.0642. The van der Waals surface area contributed by atoms with Gasteiger partial charge < -0.3 is 5.32 Å². The normalized spacial score (nSPS) is 10.8. The van der Waals surface area contributed by atoms with Crippen molar-refractivity contribution >= 4 is 23.4 Å². The number of amides is 1. The zero-order valence-corrected chi connectivity index (χ0v) is 18.4. The van der Waals surface area contributed by atoms with E-state index >= 15 is 0 Å². The summed E-state index contributed by atoms with van der Waals surface area (Å²) in [7, 11) is 0. The van der Waals surface area contributed by atoms with Gasteiger partial charge in [-0.25, -0.2) is 0 Å². The lowest BCUT2D eigenvalue weighted by Gasteiger charge is -2.11. The van der Waals surface area contributed by atoms with Crippen LogP contribution in [0.5, 0.6) is 0 Å². The summed E-state index contributed by atoms with van der Waals surface area (Å²) in [5.41, 5.74) is 5.09. The number of nitrogens with one attached hydrogen (secondary N) is 1. The third-order valence-electron chi connectivity index (χ3n) is 4.93. The maximum absolute atomic E-state index is 12.6. The van der Waals surface area contributed by atoms with E-state index in [1.54, 1.807) is 0 Å². The molecule has 0 bridgehead atoms. The maximum atomic E-state index is 12.6. The third kappa shape index (κ3) is 4.86. The largest absolute Gasteiger partial charge is 0.325 e. The fourth-order valence-corrected chi connectivity index (χ4v) is 4.16. The van der Waals surface area contributed by atoms with Crippen LogP contribution in [0, 0.1) is 6.92 Å². The Hall–Kier alpha value is -3.38. The summed E-state index contributed by atoms with van der Waals surface area (Å²) in [4.78, 5) is 12.6. The summed E-state index contributed by atoms with van der Waals surface area (Å²) >= 11 is 1.38. The predicted molar refractivity (Wildman–Crippen MR) is 127 cm³/mol. The molecular weight excluding hydrogens is 404 g/mol. The molecule has 1 aromatic heterocycles. The minimum atomic E-state index is -0.0642. The Bertz CT molecular complexity index is 1190. The molecule has 156 valence electrons. The molecule has 1 N–H and O–H groups in total. The lowest BCUT2D eigenvalue weighted by molar-refractivity contribution is -0.113. The number of anilines is 1. The van der Waals surface area contributed by atoms with Gasteiger partial charge in [0.2, 0.25) is 5.91 Å². The van der Waals surface area contributed by atoms with E-state index in [2.05, 4.69) is 41.5 Å². The highest BCUT2D eigenvalue weighted by molar-refractivity contribution is 7.99. The molecule has 3 aromatic carbocycles. The molecule has 0 radical (unpaired) electrons. The van der Waals surface area contributed by atoms with Crippen LogP contribution in [-0.2, 0) is 11.2 Å². The zero-order valence-electron chi connectivity index (χ0n) is 17.6. The van der Waals surface area contributed by atoms with Crippen molar-refractivity contribution in [3.05, 3.63) is 90.0 Å². The highest BCUT2D eigenvalue weighted by Crippen LogP contribution is 2.28. The van der Waals surface area contributed by atoms with Crippen LogP contribution in [0.25, 0.3) is 17.1 Å². The number of carbonyl (C=O) groups is 1. The number of benzene rings is 3. The van der Waals surface area contributed by atoms with Crippen LogP contribution in [0.15, 0.2) is 84.0 Å². The highest BCUT2D eigenvalue weighted by Gasteiger charge is 2.17. The maximum Gasteiger partial charge on any atom is 0.234 e. The van der Waals surface area contributed by atoms with Gasteiger partial charge in [0.05, 0.1) is 5.75 Å². The van der Waals surface area contributed by atoms with Gasteiger partial charge in [-0.05, 0) is 43.2 Å². The van der Waals surface area contributed by atoms with E-state index in [4.69, 9.17) is 0 Å². The smallest absolute Gasteiger partial charge is 0.234 e. The van der Waals surface area contributed by atoms with Crippen molar-refractivity contribution in [1.29, 1.82) is 0 Å². The molecule has 0 aliphatic heterocycles. The Labute approximate surface area is 186 Å². The molecule has 0 saturated heterocycles. The molecular formula is C25H24N4OS. The van der Waals surface area contributed by atoms with Gasteiger partial charge in [-0.15, -0.1) is 10.2 Å². The van der Waals surface area contributed by atoms with Crippen LogP contribution in [0.1, 0.15) is 18.1 Å². The van der Waals surface area contributed by atoms with Crippen molar-refractivity contribution in [3.63, 3.8) is 0 Å². The number of aryl methyl sites for hydroxylation is 2. The van der Waals surface area contributed by atoms with Crippen LogP contribution in [-0.4, -0.2) is 26.4 Å². The fourth-order valence-electron chi connectivity index (χ4n) is 3.41. The van der Waals surface area contributed by atoms with Crippen LogP contribution in [0.4, 0.5) is 5.69 Å². The van der Waals surface area contributed by atoms with E-state index < -0.39 is 0 Å². The summed E-state index contributed by atoms with van der Waals surface area (Å²) < 4.78 is 2.01. The zero-order chi connectivity index (χ0) is 21.6. The van der Waals surface area contributed by atoms with Crippen molar-refractivity contribution in [3.8, 4) is 17.1 Å². The highest BCUT2D eigenvalue weighted by atomic mass is 32.2. The molecule has 0 aliphatic rings. The fraction of sp³-hybridized carbons (Fsp3) is 0.160. The molecule has 1 heterocycles. The van der Waals surface area contributed by atoms with Crippen LogP contribution >= 0.6 is 11.8 Å². The quantitative estimate of drug-likeness (QED) is 0.393. The third-order valence-corrected chi connectivity index (χ3v) is 5.86. The van der Waals surface area contributed by atoms with Crippen LogP contribution < -0.4 is 5.32 Å². The Morgan fingerprint density at radius 2 is 1.74 bits per heavy atom. The molecule has 0 fully saturated rings. The first kappa shape index (κ1) is 20.9. The summed E-state index contributed by atoms with van der Waals surface area (Å²) in [5, 5.41) is 12.6. The molecule has 4 rings (SSSR count). The Morgan fingerprint density at radius 3 is 2.52 bits per heavy atom. The minimum Gasteiger partial charge on any atom is -0.325 e. The monoisotopic (exact) mass is 428 g/mol. The van der Waals surface area contributed by atoms with Crippen LogP contribution in [0.2, 0.25) is 0 Å². The van der Waals surface area contributed by atoms with Crippen molar-refractivity contribution in [1.82, 2.24) is 14.8 Å². The van der Waals surface area contributed by atoms with E-state index in [9.17, 15) is 4.79 Å². The van der Waals surface area contributed by atoms with E-state index in [0.29, 0.717) is 5.16 Å². The number of carbonyl (C=O) groups excluding carboxylic acids is 1. The first-order valence-corrected chi connectivity index (χ1v) is 11.2. The van der Waals surface area contributed by atoms with Gasteiger partial charge in [0.15, 0.2) is 11.0 Å². The van der Waals surface area contributed by atoms with Crippen molar-refractivity contribution < 1.29 is 4.79 Å². The number of aromatic nitrogens is 3. The summed E-state index contributed by atoms with van der Waals surface area (Å²) in [6, 6.07) is 26.1. The van der Waals surface area contributed by atoms with Crippen molar-refractivity contribution in [2.75, 3.05) is 11.1 Å². The van der Waals surface area contributed by atoms with E-state index in [-0.39, 0.29) is 11.7 Å². The molecule has 4 aromatic rings. The number of hydrogen-bond acceptors (Lipinski definition) is 4. The van der Waals surface area contributed by atoms with Gasteiger partial charge in [-0.3, -0.25) is 9.36 Å². The summed E-state index contributed by atoms with van der Waals surface area (Å²) in [5.74, 6) is 0.941. The number of para-hydroxylation sites is 2. The number of thioether (sulfide) groups is 1. The first-order chi connectivity index (χ1) is 15.2. The van der Waals surface area contributed by atoms with Gasteiger partial charge in [-0.1, -0.05) is 78.8 Å². The first-order valence-electron chi connectivity index (χ1n) is 10.2. The molecule has 1 amide bonds. The number of hydrogen-bond donors (Lipinski definition) is 1. The Kier molecular flexibility index (Phi) is 6.48. The second-order valence-electron chi connectivity index (χ2n) is 7.19. The van der Waals surface area contributed by atoms with Crippen LogP contribution in [0.3, 0.4) is 0 Å². The molecule has 6 heteroatoms. The number of nitrogens with zero attached hydrogens (tertiary/aromatic N) is 3. The molecule has 31 heavy (non-hydrogen) atoms. The lowest BCUT2D eigenvalue weighted by atomic mass is 10.1. The summed E-state index contributed by atoms with van der Waals surface area (Å²) in [6.07, 6.45) is 0.867. The van der Waals surface area contributed by atoms with E-state index in [0.717, 1.165) is 40.3 Å². The SMILES string of the molecule is CCc1ccccc1NC(=O)CSc1nnc(-c2cccc(C)c2)n1-c1ccccc1. The second kappa shape index (κ2) is 9.62. The number of rotatable bonds is 7. The van der Waals surface area contributed by atoms with Crippen molar-refractivity contribution in [2.24, 2.45) is 0 Å². The molecule has 0 unspecified atom stereocenters. The lowest BCUT2D eigenvalue weighted by Crippen LogP contribution is -2.15. The van der Waals surface area contributed by atoms with Gasteiger partial charge >= 0.3 is 0 Å². The molecule has 5 nitrogen and oxygen atoms in total. The standard InChI is InChI=1S/C25H24N4OS/c1-3-19-11-7-8-15-22(19)26-23(30)17-31-25-28-27-24(20-12-9-10-18(2)16-20)29(25)21-13-5-4-6-14-21/h4-16H,3,17H2,1-2H3,(H,26,30). The predicted octanol–water partition coefficient (Wildman–Crippen LogP) is 5.54.